The highest BCUT2D eigenvalue weighted by molar-refractivity contribution is 7.14. The molecule has 1 aromatic carbocycles. The van der Waals surface area contributed by atoms with Gasteiger partial charge >= 0.3 is 0 Å². The summed E-state index contributed by atoms with van der Waals surface area (Å²) >= 11 is 13.7. The molecule has 5 nitrogen and oxygen atoms in total. The van der Waals surface area contributed by atoms with E-state index in [9.17, 15) is 4.79 Å². The topological polar surface area (TPSA) is 55.6 Å². The second-order valence-electron chi connectivity index (χ2n) is 6.17. The molecule has 3 aromatic rings. The molecule has 1 saturated heterocycles. The Morgan fingerprint density at radius 3 is 2.93 bits per heavy atom. The molecule has 1 aliphatic heterocycles. The first-order valence-corrected chi connectivity index (χ1v) is 10.1. The zero-order valence-corrected chi connectivity index (χ0v) is 16.6. The number of benzene rings is 1. The number of halogens is 2. The van der Waals surface area contributed by atoms with Gasteiger partial charge < -0.3 is 9.15 Å². The van der Waals surface area contributed by atoms with Gasteiger partial charge in [0.15, 0.2) is 10.9 Å². The van der Waals surface area contributed by atoms with Crippen molar-refractivity contribution in [3.63, 3.8) is 0 Å². The maximum atomic E-state index is 13.0. The minimum absolute atomic E-state index is 0.00428. The number of nitrogens with zero attached hydrogens (tertiary/aromatic N) is 2. The predicted octanol–water partition coefficient (Wildman–Crippen LogP) is 5.54. The Bertz CT molecular complexity index is 936. The van der Waals surface area contributed by atoms with Gasteiger partial charge in [0.25, 0.3) is 5.91 Å². The smallest absolute Gasteiger partial charge is 0.295 e. The predicted molar refractivity (Wildman–Crippen MR) is 107 cm³/mol. The first-order valence-electron chi connectivity index (χ1n) is 8.50. The minimum Gasteiger partial charge on any atom is -0.459 e. The van der Waals surface area contributed by atoms with Crippen molar-refractivity contribution >= 4 is 45.6 Å². The van der Waals surface area contributed by atoms with Crippen molar-refractivity contribution in [2.45, 2.75) is 18.9 Å². The minimum atomic E-state index is -0.237. The molecule has 3 heterocycles. The van der Waals surface area contributed by atoms with Crippen LogP contribution in [0.3, 0.4) is 0 Å². The molecule has 1 aliphatic rings. The molecule has 0 spiro atoms. The van der Waals surface area contributed by atoms with E-state index in [0.29, 0.717) is 27.4 Å². The van der Waals surface area contributed by atoms with Crippen LogP contribution in [0, 0.1) is 0 Å². The molecule has 0 aliphatic carbocycles. The lowest BCUT2D eigenvalue weighted by atomic mass is 10.2. The molecular formula is C19H16Cl2N2O3S. The molecule has 0 bridgehead atoms. The number of ether oxygens (including phenoxy) is 1. The third-order valence-corrected chi connectivity index (χ3v) is 5.73. The van der Waals surface area contributed by atoms with Crippen LogP contribution in [0.2, 0.25) is 10.0 Å². The number of carbonyl (C=O) groups is 1. The van der Waals surface area contributed by atoms with E-state index in [4.69, 9.17) is 32.4 Å². The van der Waals surface area contributed by atoms with E-state index in [1.807, 2.05) is 11.4 Å². The normalized spacial score (nSPS) is 16.6. The highest BCUT2D eigenvalue weighted by Gasteiger charge is 2.28. The summed E-state index contributed by atoms with van der Waals surface area (Å²) in [6.45, 7) is 1.15. The number of furan rings is 1. The number of amides is 1. The van der Waals surface area contributed by atoms with E-state index >= 15 is 0 Å². The molecule has 140 valence electrons. The Balaban J connectivity index is 1.65. The van der Waals surface area contributed by atoms with Crippen LogP contribution in [0.25, 0.3) is 11.3 Å². The van der Waals surface area contributed by atoms with E-state index in [1.54, 1.807) is 29.2 Å². The van der Waals surface area contributed by atoms with Crippen molar-refractivity contribution in [3.05, 3.63) is 57.8 Å². The summed E-state index contributed by atoms with van der Waals surface area (Å²) in [7, 11) is 0. The molecule has 1 fully saturated rings. The van der Waals surface area contributed by atoms with Crippen LogP contribution < -0.4 is 4.90 Å². The zero-order chi connectivity index (χ0) is 18.8. The molecule has 1 amide bonds. The van der Waals surface area contributed by atoms with Gasteiger partial charge in [-0.05, 0) is 43.2 Å². The lowest BCUT2D eigenvalue weighted by molar-refractivity contribution is 0.0895. The van der Waals surface area contributed by atoms with E-state index in [1.165, 1.54) is 17.6 Å². The Kier molecular flexibility index (Phi) is 5.50. The monoisotopic (exact) mass is 422 g/mol. The zero-order valence-electron chi connectivity index (χ0n) is 14.2. The molecule has 8 heteroatoms. The van der Waals surface area contributed by atoms with Crippen LogP contribution in [0.4, 0.5) is 5.13 Å². The standard InChI is InChI=1S/C19H16Cl2N2O3S/c20-12-5-6-14(15(21)9-12)16-11-27-19(22-16)23(10-13-3-1-7-25-13)18(24)17-4-2-8-26-17/h2,4-6,8-9,11,13H,1,3,7,10H2/t13-/m1/s1. The van der Waals surface area contributed by atoms with Gasteiger partial charge in [0.05, 0.1) is 29.6 Å². The molecule has 0 saturated carbocycles. The molecule has 0 unspecified atom stereocenters. The average molecular weight is 423 g/mol. The van der Waals surface area contributed by atoms with Gasteiger partial charge in [-0.15, -0.1) is 11.3 Å². The summed E-state index contributed by atoms with van der Waals surface area (Å²) in [5.41, 5.74) is 1.47. The highest BCUT2D eigenvalue weighted by atomic mass is 35.5. The molecule has 27 heavy (non-hydrogen) atoms. The fourth-order valence-corrected chi connectivity index (χ4v) is 4.32. The number of aromatic nitrogens is 1. The van der Waals surface area contributed by atoms with Gasteiger partial charge in [-0.3, -0.25) is 9.69 Å². The number of rotatable bonds is 5. The van der Waals surface area contributed by atoms with Gasteiger partial charge in [0.1, 0.15) is 0 Å². The quantitative estimate of drug-likeness (QED) is 0.541. The van der Waals surface area contributed by atoms with Crippen molar-refractivity contribution < 1.29 is 13.9 Å². The largest absolute Gasteiger partial charge is 0.459 e. The van der Waals surface area contributed by atoms with Gasteiger partial charge in [0.2, 0.25) is 0 Å². The maximum absolute atomic E-state index is 13.0. The fourth-order valence-electron chi connectivity index (χ4n) is 2.98. The van der Waals surface area contributed by atoms with Crippen molar-refractivity contribution in [1.29, 1.82) is 0 Å². The summed E-state index contributed by atoms with van der Waals surface area (Å²) in [6, 6.07) is 8.60. The van der Waals surface area contributed by atoms with E-state index < -0.39 is 0 Å². The Labute approximate surface area is 170 Å². The fraction of sp³-hybridized carbons (Fsp3) is 0.263. The van der Waals surface area contributed by atoms with Crippen molar-refractivity contribution in [2.75, 3.05) is 18.1 Å². The summed E-state index contributed by atoms with van der Waals surface area (Å²) in [5, 5.41) is 3.53. The van der Waals surface area contributed by atoms with Crippen molar-refractivity contribution in [3.8, 4) is 11.3 Å². The summed E-state index contributed by atoms with van der Waals surface area (Å²) < 4.78 is 11.0. The lowest BCUT2D eigenvalue weighted by Crippen LogP contribution is -2.37. The summed E-state index contributed by atoms with van der Waals surface area (Å²) in [6.07, 6.45) is 3.40. The number of carbonyl (C=O) groups excluding carboxylic acids is 1. The second kappa shape index (κ2) is 8.02. The molecule has 1 atom stereocenters. The van der Waals surface area contributed by atoms with E-state index in [-0.39, 0.29) is 17.8 Å². The van der Waals surface area contributed by atoms with Crippen LogP contribution in [0.5, 0.6) is 0 Å². The Morgan fingerprint density at radius 1 is 1.33 bits per heavy atom. The molecule has 2 aromatic heterocycles. The van der Waals surface area contributed by atoms with Crippen LogP contribution in [0.1, 0.15) is 23.4 Å². The average Bonchev–Trinajstić information content (AvgIpc) is 3.40. The molecule has 0 N–H and O–H groups in total. The first kappa shape index (κ1) is 18.5. The maximum Gasteiger partial charge on any atom is 0.295 e. The molecule has 0 radical (unpaired) electrons. The Hall–Kier alpha value is -1.86. The number of hydrogen-bond acceptors (Lipinski definition) is 5. The number of thiazole rings is 1. The van der Waals surface area contributed by atoms with Crippen LogP contribution in [-0.4, -0.2) is 30.1 Å². The Morgan fingerprint density at radius 2 is 2.22 bits per heavy atom. The number of anilines is 1. The van der Waals surface area contributed by atoms with E-state index in [2.05, 4.69) is 4.98 Å². The molecule has 4 rings (SSSR count). The number of hydrogen-bond donors (Lipinski definition) is 0. The summed E-state index contributed by atoms with van der Waals surface area (Å²) in [4.78, 5) is 19.2. The van der Waals surface area contributed by atoms with Gasteiger partial charge in [-0.1, -0.05) is 23.2 Å². The molecular weight excluding hydrogens is 407 g/mol. The first-order chi connectivity index (χ1) is 13.1. The van der Waals surface area contributed by atoms with Gasteiger partial charge in [0, 0.05) is 22.6 Å². The highest BCUT2D eigenvalue weighted by Crippen LogP contribution is 2.34. The lowest BCUT2D eigenvalue weighted by Gasteiger charge is -2.22. The third kappa shape index (κ3) is 4.04. The summed E-state index contributed by atoms with van der Waals surface area (Å²) in [5.74, 6) is 0.0351. The van der Waals surface area contributed by atoms with Crippen LogP contribution >= 0.6 is 34.5 Å². The van der Waals surface area contributed by atoms with Crippen LogP contribution in [0.15, 0.2) is 46.4 Å². The SMILES string of the molecule is O=C(c1ccco1)N(C[C@H]1CCCO1)c1nc(-c2ccc(Cl)cc2Cl)cs1. The second-order valence-corrected chi connectivity index (χ2v) is 7.85. The van der Waals surface area contributed by atoms with Gasteiger partial charge in [-0.25, -0.2) is 4.98 Å². The van der Waals surface area contributed by atoms with Crippen molar-refractivity contribution in [2.24, 2.45) is 0 Å². The van der Waals surface area contributed by atoms with Crippen LogP contribution in [-0.2, 0) is 4.74 Å². The van der Waals surface area contributed by atoms with Crippen molar-refractivity contribution in [1.82, 2.24) is 4.98 Å². The van der Waals surface area contributed by atoms with Gasteiger partial charge in [-0.2, -0.15) is 0 Å². The third-order valence-electron chi connectivity index (χ3n) is 4.32. The van der Waals surface area contributed by atoms with E-state index in [0.717, 1.165) is 25.0 Å².